The van der Waals surface area contributed by atoms with Crippen LogP contribution in [0.2, 0.25) is 0 Å². The minimum atomic E-state index is 0.532. The zero-order valence-electron chi connectivity index (χ0n) is 37.0. The Morgan fingerprint density at radius 3 is 1.51 bits per heavy atom. The molecular formula is C63H38N4O2. The lowest BCUT2D eigenvalue weighted by Gasteiger charge is -2.15. The fourth-order valence-electron chi connectivity index (χ4n) is 10.2. The Bertz CT molecular complexity index is 4290. The van der Waals surface area contributed by atoms with Gasteiger partial charge < -0.3 is 13.4 Å². The number of hydrogen-bond donors (Lipinski definition) is 0. The standard InChI is InChI=1S/C63H38N4O2/c1-4-16-39(17-5-1)41-30-32-43(33-31-41)62-64-61(42-20-8-3-9-21-42)65-63(66-62)50-27-15-25-48-47-24-14-26-49(59(47)69-60(48)50)52-37-53-46-23-11-13-29-57(46)68-58(53)38-56(52)67-54-28-12-10-22-45(54)51-36-44(34-35-55(51)67)40-18-6-2-7-19-40/h1-38H. The number of aromatic nitrogens is 4. The van der Waals surface area contributed by atoms with Gasteiger partial charge in [0.2, 0.25) is 0 Å². The van der Waals surface area contributed by atoms with E-state index < -0.39 is 0 Å². The SMILES string of the molecule is c1ccc(-c2ccc(-c3nc(-c4ccccc4)nc(-c4cccc5c4oc4c(-c6cc7c(cc6-n6c8ccccc8c8cc(-c9ccccc9)ccc86)oc6ccccc67)cccc45)n3)cc2)cc1. The molecule has 0 amide bonds. The predicted molar refractivity (Wildman–Crippen MR) is 281 cm³/mol. The molecule has 4 heterocycles. The maximum atomic E-state index is 7.24. The van der Waals surface area contributed by atoms with Crippen LogP contribution in [0.5, 0.6) is 0 Å². The summed E-state index contributed by atoms with van der Waals surface area (Å²) in [4.78, 5) is 15.4. The molecule has 0 spiro atoms. The van der Waals surface area contributed by atoms with E-state index >= 15 is 0 Å². The molecule has 14 aromatic rings. The molecule has 0 saturated carbocycles. The van der Waals surface area contributed by atoms with Crippen molar-refractivity contribution in [2.75, 3.05) is 0 Å². The zero-order chi connectivity index (χ0) is 45.4. The van der Waals surface area contributed by atoms with E-state index in [1.54, 1.807) is 0 Å². The molecule has 0 N–H and O–H groups in total. The molecule has 0 fully saturated rings. The largest absolute Gasteiger partial charge is 0.456 e. The third-order valence-electron chi connectivity index (χ3n) is 13.5. The van der Waals surface area contributed by atoms with Gasteiger partial charge >= 0.3 is 0 Å². The molecule has 4 aromatic heterocycles. The van der Waals surface area contributed by atoms with Crippen molar-refractivity contribution in [3.05, 3.63) is 231 Å². The van der Waals surface area contributed by atoms with E-state index in [0.29, 0.717) is 23.1 Å². The number of fused-ring (bicyclic) bond motifs is 9. The first-order valence-electron chi connectivity index (χ1n) is 23.2. The summed E-state index contributed by atoms with van der Waals surface area (Å²) in [6, 6.07) is 80.4. The molecule has 0 aliphatic carbocycles. The summed E-state index contributed by atoms with van der Waals surface area (Å²) >= 11 is 0. The Labute approximate surface area is 396 Å². The van der Waals surface area contributed by atoms with Gasteiger partial charge in [-0.3, -0.25) is 0 Å². The highest BCUT2D eigenvalue weighted by molar-refractivity contribution is 6.16. The second-order valence-corrected chi connectivity index (χ2v) is 17.5. The summed E-state index contributed by atoms with van der Waals surface area (Å²) < 4.78 is 16.3. The van der Waals surface area contributed by atoms with Gasteiger partial charge in [-0.05, 0) is 58.7 Å². The third kappa shape index (κ3) is 6.38. The molecule has 0 aliphatic heterocycles. The topological polar surface area (TPSA) is 69.9 Å². The first-order valence-corrected chi connectivity index (χ1v) is 23.2. The van der Waals surface area contributed by atoms with Gasteiger partial charge in [-0.1, -0.05) is 188 Å². The van der Waals surface area contributed by atoms with Crippen LogP contribution in [0.1, 0.15) is 0 Å². The minimum absolute atomic E-state index is 0.532. The van der Waals surface area contributed by atoms with Gasteiger partial charge in [-0.25, -0.2) is 15.0 Å². The molecule has 10 aromatic carbocycles. The van der Waals surface area contributed by atoms with Crippen LogP contribution in [-0.4, -0.2) is 19.5 Å². The highest BCUT2D eigenvalue weighted by atomic mass is 16.3. The molecule has 0 unspecified atom stereocenters. The summed E-state index contributed by atoms with van der Waals surface area (Å²) in [7, 11) is 0. The summed E-state index contributed by atoms with van der Waals surface area (Å²) in [6.45, 7) is 0. The van der Waals surface area contributed by atoms with E-state index in [2.05, 4.69) is 180 Å². The molecule has 0 bridgehead atoms. The maximum Gasteiger partial charge on any atom is 0.167 e. The third-order valence-corrected chi connectivity index (χ3v) is 13.5. The number of nitrogens with zero attached hydrogens (tertiary/aromatic N) is 4. The van der Waals surface area contributed by atoms with Crippen molar-refractivity contribution >= 4 is 65.7 Å². The Hall–Kier alpha value is -9.39. The van der Waals surface area contributed by atoms with Crippen molar-refractivity contribution in [1.29, 1.82) is 0 Å². The van der Waals surface area contributed by atoms with Crippen molar-refractivity contribution in [2.45, 2.75) is 0 Å². The number of benzene rings is 10. The van der Waals surface area contributed by atoms with Crippen molar-refractivity contribution in [2.24, 2.45) is 0 Å². The lowest BCUT2D eigenvalue weighted by atomic mass is 9.97. The van der Waals surface area contributed by atoms with E-state index in [1.807, 2.05) is 54.6 Å². The molecule has 0 aliphatic rings. The molecule has 0 radical (unpaired) electrons. The van der Waals surface area contributed by atoms with Crippen molar-refractivity contribution in [3.8, 4) is 73.2 Å². The quantitative estimate of drug-likeness (QED) is 0.159. The van der Waals surface area contributed by atoms with Gasteiger partial charge in [-0.15, -0.1) is 0 Å². The second kappa shape index (κ2) is 15.6. The molecular weight excluding hydrogens is 845 g/mol. The smallest absolute Gasteiger partial charge is 0.167 e. The molecule has 14 rings (SSSR count). The van der Waals surface area contributed by atoms with Crippen LogP contribution in [0.15, 0.2) is 239 Å². The van der Waals surface area contributed by atoms with Gasteiger partial charge in [0, 0.05) is 60.6 Å². The molecule has 322 valence electrons. The summed E-state index contributed by atoms with van der Waals surface area (Å²) in [5.74, 6) is 1.70. The van der Waals surface area contributed by atoms with Crippen molar-refractivity contribution in [3.63, 3.8) is 0 Å². The molecule has 6 nitrogen and oxygen atoms in total. The first-order chi connectivity index (χ1) is 34.2. The highest BCUT2D eigenvalue weighted by Gasteiger charge is 2.24. The molecule has 6 heteroatoms. The highest BCUT2D eigenvalue weighted by Crippen LogP contribution is 2.45. The Kier molecular flexibility index (Phi) is 8.79. The van der Waals surface area contributed by atoms with Crippen molar-refractivity contribution < 1.29 is 8.83 Å². The summed E-state index contributed by atoms with van der Waals surface area (Å²) in [5, 5.41) is 6.41. The van der Waals surface area contributed by atoms with E-state index in [-0.39, 0.29) is 0 Å². The van der Waals surface area contributed by atoms with Gasteiger partial charge in [0.1, 0.15) is 22.3 Å². The van der Waals surface area contributed by atoms with Gasteiger partial charge in [-0.2, -0.15) is 0 Å². The maximum absolute atomic E-state index is 7.24. The average Bonchev–Trinajstić information content (AvgIpc) is 4.10. The Balaban J connectivity index is 0.991. The van der Waals surface area contributed by atoms with Crippen LogP contribution >= 0.6 is 0 Å². The Morgan fingerprint density at radius 2 is 0.783 bits per heavy atom. The summed E-state index contributed by atoms with van der Waals surface area (Å²) in [5.41, 5.74) is 15.5. The van der Waals surface area contributed by atoms with Crippen LogP contribution in [0.25, 0.3) is 139 Å². The van der Waals surface area contributed by atoms with Crippen molar-refractivity contribution in [1.82, 2.24) is 19.5 Å². The van der Waals surface area contributed by atoms with Crippen LogP contribution in [0.3, 0.4) is 0 Å². The van der Waals surface area contributed by atoms with E-state index in [4.69, 9.17) is 23.8 Å². The van der Waals surface area contributed by atoms with Crippen LogP contribution < -0.4 is 0 Å². The van der Waals surface area contributed by atoms with Crippen LogP contribution in [-0.2, 0) is 0 Å². The van der Waals surface area contributed by atoms with Crippen LogP contribution in [0.4, 0.5) is 0 Å². The van der Waals surface area contributed by atoms with E-state index in [9.17, 15) is 0 Å². The normalized spacial score (nSPS) is 11.8. The number of furan rings is 2. The van der Waals surface area contributed by atoms with Gasteiger partial charge in [0.15, 0.2) is 17.5 Å². The Morgan fingerprint density at radius 1 is 0.275 bits per heavy atom. The van der Waals surface area contributed by atoms with E-state index in [0.717, 1.165) is 94.0 Å². The average molecular weight is 883 g/mol. The second-order valence-electron chi connectivity index (χ2n) is 17.5. The predicted octanol–water partition coefficient (Wildman–Crippen LogP) is 16.8. The first kappa shape index (κ1) is 38.8. The number of para-hydroxylation sites is 4. The van der Waals surface area contributed by atoms with Gasteiger partial charge in [0.25, 0.3) is 0 Å². The lowest BCUT2D eigenvalue weighted by Crippen LogP contribution is -2.00. The molecule has 0 saturated heterocycles. The minimum Gasteiger partial charge on any atom is -0.456 e. The van der Waals surface area contributed by atoms with Gasteiger partial charge in [0.05, 0.1) is 22.3 Å². The molecule has 0 atom stereocenters. The summed E-state index contributed by atoms with van der Waals surface area (Å²) in [6.07, 6.45) is 0. The zero-order valence-corrected chi connectivity index (χ0v) is 37.0. The molecule has 69 heavy (non-hydrogen) atoms. The lowest BCUT2D eigenvalue weighted by molar-refractivity contribution is 0.668. The number of rotatable bonds is 7. The van der Waals surface area contributed by atoms with E-state index in [1.165, 1.54) is 21.9 Å². The number of hydrogen-bond acceptors (Lipinski definition) is 5. The van der Waals surface area contributed by atoms with Crippen LogP contribution in [0, 0.1) is 0 Å². The monoisotopic (exact) mass is 882 g/mol. The fraction of sp³-hybridized carbons (Fsp3) is 0. The fourth-order valence-corrected chi connectivity index (χ4v) is 10.2.